The van der Waals surface area contributed by atoms with Crippen LogP contribution in [-0.2, 0) is 16.1 Å². The maximum absolute atomic E-state index is 12.5. The predicted octanol–water partition coefficient (Wildman–Crippen LogP) is 0.854. The van der Waals surface area contributed by atoms with Gasteiger partial charge in [0.2, 0.25) is 5.91 Å². The number of rotatable bonds is 5. The SMILES string of the molecule is O=C(Cn1ccccc1=O)N[C@H]1CN(C2CCOCC2)C[C@@H]1C1CC1. The zero-order chi connectivity index (χ0) is 17.2. The minimum atomic E-state index is -0.133. The fourth-order valence-electron chi connectivity index (χ4n) is 4.36. The number of hydrogen-bond donors (Lipinski definition) is 1. The molecular formula is C19H27N3O3. The van der Waals surface area contributed by atoms with Crippen molar-refractivity contribution < 1.29 is 9.53 Å². The smallest absolute Gasteiger partial charge is 0.250 e. The highest BCUT2D eigenvalue weighted by Crippen LogP contribution is 2.42. The average molecular weight is 345 g/mol. The van der Waals surface area contributed by atoms with Crippen LogP contribution in [0.4, 0.5) is 0 Å². The molecule has 1 saturated carbocycles. The molecule has 1 aromatic heterocycles. The topological polar surface area (TPSA) is 63.6 Å². The quantitative estimate of drug-likeness (QED) is 0.860. The zero-order valence-electron chi connectivity index (χ0n) is 14.6. The largest absolute Gasteiger partial charge is 0.381 e. The van der Waals surface area contributed by atoms with Crippen LogP contribution in [0.2, 0.25) is 0 Å². The zero-order valence-corrected chi connectivity index (χ0v) is 14.6. The molecule has 6 heteroatoms. The van der Waals surface area contributed by atoms with Crippen LogP contribution in [0.1, 0.15) is 25.7 Å². The summed E-state index contributed by atoms with van der Waals surface area (Å²) in [6, 6.07) is 5.77. The average Bonchev–Trinajstić information content (AvgIpc) is 3.39. The first-order chi connectivity index (χ1) is 12.2. The minimum absolute atomic E-state index is 0.0576. The van der Waals surface area contributed by atoms with Gasteiger partial charge in [0.15, 0.2) is 0 Å². The first-order valence-electron chi connectivity index (χ1n) is 9.47. The second-order valence-electron chi connectivity index (χ2n) is 7.64. The van der Waals surface area contributed by atoms with E-state index in [0.29, 0.717) is 12.0 Å². The van der Waals surface area contributed by atoms with Gasteiger partial charge in [-0.05, 0) is 43.6 Å². The molecule has 25 heavy (non-hydrogen) atoms. The molecule has 2 atom stereocenters. The Morgan fingerprint density at radius 3 is 2.68 bits per heavy atom. The summed E-state index contributed by atoms with van der Waals surface area (Å²) in [7, 11) is 0. The summed E-state index contributed by atoms with van der Waals surface area (Å²) in [5.74, 6) is 1.26. The summed E-state index contributed by atoms with van der Waals surface area (Å²) in [5.41, 5.74) is -0.133. The Morgan fingerprint density at radius 2 is 1.96 bits per heavy atom. The first kappa shape index (κ1) is 16.8. The standard InChI is InChI=1S/C19H27N3O3/c23-18(13-21-8-2-1-3-19(21)24)20-17-12-22(11-16(17)14-4-5-14)15-6-9-25-10-7-15/h1-3,8,14-17H,4-7,9-13H2,(H,20,23)/t16-,17+/m1/s1. The lowest BCUT2D eigenvalue weighted by Crippen LogP contribution is -2.44. The third-order valence-electron chi connectivity index (χ3n) is 5.89. The molecule has 2 saturated heterocycles. The fourth-order valence-corrected chi connectivity index (χ4v) is 4.36. The Morgan fingerprint density at radius 1 is 1.16 bits per heavy atom. The van der Waals surface area contributed by atoms with Gasteiger partial charge in [0.25, 0.3) is 5.56 Å². The lowest BCUT2D eigenvalue weighted by atomic mass is 9.98. The molecule has 1 aromatic rings. The Labute approximate surface area is 148 Å². The highest BCUT2D eigenvalue weighted by molar-refractivity contribution is 5.76. The maximum Gasteiger partial charge on any atom is 0.250 e. The van der Waals surface area contributed by atoms with Gasteiger partial charge < -0.3 is 14.6 Å². The summed E-state index contributed by atoms with van der Waals surface area (Å²) < 4.78 is 6.95. The third kappa shape index (κ3) is 3.96. The second kappa shape index (κ2) is 7.30. The summed E-state index contributed by atoms with van der Waals surface area (Å²) >= 11 is 0. The van der Waals surface area contributed by atoms with Crippen molar-refractivity contribution in [1.82, 2.24) is 14.8 Å². The van der Waals surface area contributed by atoms with Crippen molar-refractivity contribution in [3.63, 3.8) is 0 Å². The van der Waals surface area contributed by atoms with Crippen molar-refractivity contribution in [2.75, 3.05) is 26.3 Å². The number of carbonyl (C=O) groups excluding carboxylic acids is 1. The fraction of sp³-hybridized carbons (Fsp3) is 0.684. The number of hydrogen-bond acceptors (Lipinski definition) is 4. The van der Waals surface area contributed by atoms with Gasteiger partial charge in [-0.15, -0.1) is 0 Å². The number of ether oxygens (including phenoxy) is 1. The van der Waals surface area contributed by atoms with E-state index in [1.807, 2.05) is 0 Å². The van der Waals surface area contributed by atoms with Gasteiger partial charge in [-0.3, -0.25) is 14.5 Å². The molecule has 6 nitrogen and oxygen atoms in total. The number of aromatic nitrogens is 1. The second-order valence-corrected chi connectivity index (χ2v) is 7.64. The molecule has 4 rings (SSSR count). The number of amides is 1. The highest BCUT2D eigenvalue weighted by Gasteiger charge is 2.44. The normalized spacial score (nSPS) is 28.2. The van der Waals surface area contributed by atoms with Gasteiger partial charge in [-0.1, -0.05) is 6.07 Å². The van der Waals surface area contributed by atoms with Crippen LogP contribution < -0.4 is 10.9 Å². The van der Waals surface area contributed by atoms with Crippen molar-refractivity contribution in [3.05, 3.63) is 34.7 Å². The Hall–Kier alpha value is -1.66. The van der Waals surface area contributed by atoms with Crippen molar-refractivity contribution in [2.24, 2.45) is 11.8 Å². The maximum atomic E-state index is 12.5. The van der Waals surface area contributed by atoms with Gasteiger partial charge in [-0.25, -0.2) is 0 Å². The molecule has 1 amide bonds. The number of nitrogens with one attached hydrogen (secondary N) is 1. The van der Waals surface area contributed by atoms with Crippen LogP contribution in [0.15, 0.2) is 29.2 Å². The molecule has 3 fully saturated rings. The van der Waals surface area contributed by atoms with E-state index in [2.05, 4.69) is 10.2 Å². The molecule has 136 valence electrons. The van der Waals surface area contributed by atoms with E-state index in [1.165, 1.54) is 23.5 Å². The molecule has 0 radical (unpaired) electrons. The minimum Gasteiger partial charge on any atom is -0.381 e. The van der Waals surface area contributed by atoms with Crippen molar-refractivity contribution in [3.8, 4) is 0 Å². The Kier molecular flexibility index (Phi) is 4.90. The lowest BCUT2D eigenvalue weighted by Gasteiger charge is -2.31. The van der Waals surface area contributed by atoms with E-state index in [4.69, 9.17) is 4.74 Å². The summed E-state index contributed by atoms with van der Waals surface area (Å²) in [6.07, 6.45) is 6.44. The Bertz CT molecular complexity index is 664. The van der Waals surface area contributed by atoms with Crippen LogP contribution in [0.5, 0.6) is 0 Å². The van der Waals surface area contributed by atoms with Crippen molar-refractivity contribution >= 4 is 5.91 Å². The van der Waals surface area contributed by atoms with Gasteiger partial charge in [0, 0.05) is 50.7 Å². The molecule has 1 aliphatic carbocycles. The van der Waals surface area contributed by atoms with Gasteiger partial charge in [0.05, 0.1) is 0 Å². The summed E-state index contributed by atoms with van der Waals surface area (Å²) in [5, 5.41) is 3.22. The monoisotopic (exact) mass is 345 g/mol. The molecular weight excluding hydrogens is 318 g/mol. The van der Waals surface area contributed by atoms with Crippen LogP contribution in [0.25, 0.3) is 0 Å². The van der Waals surface area contributed by atoms with E-state index in [-0.39, 0.29) is 24.1 Å². The number of pyridine rings is 1. The summed E-state index contributed by atoms with van der Waals surface area (Å²) in [6.45, 7) is 3.82. The molecule has 0 spiro atoms. The third-order valence-corrected chi connectivity index (χ3v) is 5.89. The molecule has 1 N–H and O–H groups in total. The summed E-state index contributed by atoms with van der Waals surface area (Å²) in [4.78, 5) is 26.8. The van der Waals surface area contributed by atoms with Gasteiger partial charge >= 0.3 is 0 Å². The lowest BCUT2D eigenvalue weighted by molar-refractivity contribution is -0.122. The van der Waals surface area contributed by atoms with E-state index >= 15 is 0 Å². The molecule has 3 heterocycles. The van der Waals surface area contributed by atoms with Crippen molar-refractivity contribution in [2.45, 2.75) is 44.3 Å². The number of likely N-dealkylation sites (tertiary alicyclic amines) is 1. The Balaban J connectivity index is 1.38. The molecule has 0 bridgehead atoms. The number of carbonyl (C=O) groups is 1. The first-order valence-corrected chi connectivity index (χ1v) is 9.47. The molecule has 0 aromatic carbocycles. The van der Waals surface area contributed by atoms with E-state index in [9.17, 15) is 9.59 Å². The van der Waals surface area contributed by atoms with Crippen LogP contribution >= 0.6 is 0 Å². The van der Waals surface area contributed by atoms with E-state index in [1.54, 1.807) is 18.3 Å². The van der Waals surface area contributed by atoms with Crippen LogP contribution in [0, 0.1) is 11.8 Å². The number of nitrogens with zero attached hydrogens (tertiary/aromatic N) is 2. The molecule has 2 aliphatic heterocycles. The van der Waals surface area contributed by atoms with Gasteiger partial charge in [-0.2, -0.15) is 0 Å². The predicted molar refractivity (Wildman–Crippen MR) is 94.3 cm³/mol. The molecule has 0 unspecified atom stereocenters. The molecule has 3 aliphatic rings. The van der Waals surface area contributed by atoms with Crippen LogP contribution in [-0.4, -0.2) is 53.8 Å². The van der Waals surface area contributed by atoms with Crippen molar-refractivity contribution in [1.29, 1.82) is 0 Å². The highest BCUT2D eigenvalue weighted by atomic mass is 16.5. The van der Waals surface area contributed by atoms with Gasteiger partial charge in [0.1, 0.15) is 6.54 Å². The van der Waals surface area contributed by atoms with Crippen LogP contribution in [0.3, 0.4) is 0 Å². The van der Waals surface area contributed by atoms with E-state index in [0.717, 1.165) is 45.1 Å². The van der Waals surface area contributed by atoms with E-state index < -0.39 is 0 Å².